The van der Waals surface area contributed by atoms with Gasteiger partial charge < -0.3 is 14.7 Å². The van der Waals surface area contributed by atoms with Crippen molar-refractivity contribution in [1.82, 2.24) is 14.7 Å². The normalized spacial score (nSPS) is 21.3. The molecule has 6 rings (SSSR count). The van der Waals surface area contributed by atoms with Crippen LogP contribution in [0.1, 0.15) is 53.0 Å². The van der Waals surface area contributed by atoms with E-state index in [1.807, 2.05) is 24.3 Å². The minimum absolute atomic E-state index is 0.0394. The van der Waals surface area contributed by atoms with E-state index in [0.717, 1.165) is 42.5 Å². The molecular weight excluding hydrogens is 485 g/mol. The number of ether oxygens (including phenoxy) is 1. The second kappa shape index (κ2) is 8.59. The fraction of sp³-hybridized carbons (Fsp3) is 0.407. The summed E-state index contributed by atoms with van der Waals surface area (Å²) in [5.74, 6) is 0.0210. The molecule has 1 aliphatic carbocycles. The molecule has 3 aliphatic rings. The average Bonchev–Trinajstić information content (AvgIpc) is 3.40. The molecule has 0 radical (unpaired) electrons. The molecule has 1 unspecified atom stereocenters. The highest BCUT2D eigenvalue weighted by atomic mass is 19.4. The number of carbonyl (C=O) groups excluding carboxylic acids is 1. The number of aromatic nitrogens is 2. The van der Waals surface area contributed by atoms with E-state index in [-0.39, 0.29) is 29.8 Å². The molecule has 1 amide bonds. The first-order valence-corrected chi connectivity index (χ1v) is 12.4. The minimum atomic E-state index is -4.68. The van der Waals surface area contributed by atoms with Crippen molar-refractivity contribution in [3.8, 4) is 11.4 Å². The molecule has 7 nitrogen and oxygen atoms in total. The van der Waals surface area contributed by atoms with Crippen molar-refractivity contribution >= 4 is 11.6 Å². The van der Waals surface area contributed by atoms with Crippen molar-refractivity contribution < 1.29 is 27.8 Å². The van der Waals surface area contributed by atoms with Crippen LogP contribution >= 0.6 is 0 Å². The van der Waals surface area contributed by atoms with Gasteiger partial charge in [-0.1, -0.05) is 12.1 Å². The van der Waals surface area contributed by atoms with E-state index < -0.39 is 24.0 Å². The number of halogens is 3. The van der Waals surface area contributed by atoms with Crippen LogP contribution in [0, 0.1) is 0 Å². The smallest absolute Gasteiger partial charge is 0.435 e. The number of nitrogens with zero attached hydrogens (tertiary/aromatic N) is 4. The van der Waals surface area contributed by atoms with Crippen LogP contribution in [0.2, 0.25) is 0 Å². The first kappa shape index (κ1) is 24.0. The van der Waals surface area contributed by atoms with Gasteiger partial charge in [-0.2, -0.15) is 18.3 Å². The Morgan fingerprint density at radius 2 is 1.70 bits per heavy atom. The van der Waals surface area contributed by atoms with Gasteiger partial charge in [-0.25, -0.2) is 4.68 Å². The molecule has 2 fully saturated rings. The molecule has 1 saturated heterocycles. The third-order valence-electron chi connectivity index (χ3n) is 7.81. The standard InChI is InChI=1S/C27H27F3N4O3/c1-37-20-10-8-19(9-11-20)34-23-21(24(31-34)27(28,29)30)12-16-32(25(23)36)18-6-4-17(5-7-18)26(13-14-26)33-15-2-3-22(33)35/h4-11,22,35H,2-3,12-16H2,1H3. The average molecular weight is 513 g/mol. The van der Waals surface area contributed by atoms with Crippen LogP contribution in [0.15, 0.2) is 48.5 Å². The SMILES string of the molecule is COc1ccc(-n2nc(C(F)(F)F)c3c2C(=O)N(c2ccc(C4(N5CCCC5O)CC4)cc2)CC3)cc1. The lowest BCUT2D eigenvalue weighted by Gasteiger charge is -2.32. The van der Waals surface area contributed by atoms with Gasteiger partial charge in [0, 0.05) is 29.9 Å². The third kappa shape index (κ3) is 3.90. The first-order valence-electron chi connectivity index (χ1n) is 12.4. The van der Waals surface area contributed by atoms with Crippen molar-refractivity contribution in [1.29, 1.82) is 0 Å². The number of hydrogen-bond acceptors (Lipinski definition) is 5. The monoisotopic (exact) mass is 512 g/mol. The summed E-state index contributed by atoms with van der Waals surface area (Å²) < 4.78 is 47.8. The van der Waals surface area contributed by atoms with Gasteiger partial charge >= 0.3 is 6.18 Å². The van der Waals surface area contributed by atoms with Gasteiger partial charge in [0.1, 0.15) is 17.7 Å². The fourth-order valence-electron chi connectivity index (χ4n) is 5.80. The second-order valence-corrected chi connectivity index (χ2v) is 9.88. The van der Waals surface area contributed by atoms with Crippen molar-refractivity contribution in [3.63, 3.8) is 0 Å². The van der Waals surface area contributed by atoms with Gasteiger partial charge in [0.25, 0.3) is 5.91 Å². The van der Waals surface area contributed by atoms with E-state index in [0.29, 0.717) is 17.1 Å². The molecule has 1 aromatic heterocycles. The fourth-order valence-corrected chi connectivity index (χ4v) is 5.80. The van der Waals surface area contributed by atoms with Gasteiger partial charge in [-0.15, -0.1) is 0 Å². The van der Waals surface area contributed by atoms with E-state index in [1.165, 1.54) is 12.0 Å². The van der Waals surface area contributed by atoms with Crippen LogP contribution in [0.4, 0.5) is 18.9 Å². The first-order chi connectivity index (χ1) is 17.7. The molecule has 2 aromatic carbocycles. The van der Waals surface area contributed by atoms with Crippen molar-refractivity contribution in [2.45, 2.75) is 50.0 Å². The van der Waals surface area contributed by atoms with Crippen molar-refractivity contribution in [2.24, 2.45) is 0 Å². The molecule has 3 heterocycles. The lowest BCUT2D eigenvalue weighted by molar-refractivity contribution is -0.141. The maximum Gasteiger partial charge on any atom is 0.435 e. The number of rotatable bonds is 5. The molecule has 10 heteroatoms. The lowest BCUT2D eigenvalue weighted by atomic mass is 10.00. The number of anilines is 1. The minimum Gasteiger partial charge on any atom is -0.497 e. The summed E-state index contributed by atoms with van der Waals surface area (Å²) in [6.07, 6.45) is -1.40. The van der Waals surface area contributed by atoms with Crippen LogP contribution in [-0.4, -0.2) is 52.1 Å². The number of hydrogen-bond donors (Lipinski definition) is 1. The van der Waals surface area contributed by atoms with Gasteiger partial charge in [-0.3, -0.25) is 9.69 Å². The van der Waals surface area contributed by atoms with Crippen LogP contribution in [0.5, 0.6) is 5.75 Å². The van der Waals surface area contributed by atoms with Gasteiger partial charge in [0.2, 0.25) is 0 Å². The van der Waals surface area contributed by atoms with E-state index in [2.05, 4.69) is 10.00 Å². The maximum absolute atomic E-state index is 13.8. The summed E-state index contributed by atoms with van der Waals surface area (Å²) >= 11 is 0. The molecule has 0 bridgehead atoms. The molecule has 0 spiro atoms. The summed E-state index contributed by atoms with van der Waals surface area (Å²) in [4.78, 5) is 17.3. The predicted octanol–water partition coefficient (Wildman–Crippen LogP) is 4.51. The van der Waals surface area contributed by atoms with E-state index in [4.69, 9.17) is 4.74 Å². The molecule has 1 N–H and O–H groups in total. The number of carbonyl (C=O) groups is 1. The Labute approximate surface area is 212 Å². The highest BCUT2D eigenvalue weighted by Crippen LogP contribution is 2.53. The summed E-state index contributed by atoms with van der Waals surface area (Å²) in [5.41, 5.74) is 0.702. The highest BCUT2D eigenvalue weighted by molar-refractivity contribution is 6.07. The molecule has 37 heavy (non-hydrogen) atoms. The summed E-state index contributed by atoms with van der Waals surface area (Å²) in [7, 11) is 1.50. The zero-order valence-electron chi connectivity index (χ0n) is 20.3. The van der Waals surface area contributed by atoms with Crippen LogP contribution < -0.4 is 9.64 Å². The molecule has 1 saturated carbocycles. The predicted molar refractivity (Wildman–Crippen MR) is 130 cm³/mol. The Hall–Kier alpha value is -3.37. The molecule has 1 atom stereocenters. The number of aliphatic hydroxyl groups is 1. The van der Waals surface area contributed by atoms with Crippen LogP contribution in [0.25, 0.3) is 5.69 Å². The van der Waals surface area contributed by atoms with Gasteiger partial charge in [-0.05, 0) is 74.1 Å². The van der Waals surface area contributed by atoms with Crippen LogP contribution in [0.3, 0.4) is 0 Å². The Bertz CT molecular complexity index is 1330. The topological polar surface area (TPSA) is 70.8 Å². The number of fused-ring (bicyclic) bond motifs is 1. The molecule has 3 aromatic rings. The Balaban J connectivity index is 1.34. The Morgan fingerprint density at radius 3 is 2.27 bits per heavy atom. The summed E-state index contributed by atoms with van der Waals surface area (Å²) in [5, 5.41) is 14.2. The number of aliphatic hydroxyl groups excluding tert-OH is 1. The third-order valence-corrected chi connectivity index (χ3v) is 7.81. The molecule has 194 valence electrons. The number of likely N-dealkylation sites (tertiary alicyclic amines) is 1. The Kier molecular flexibility index (Phi) is 5.57. The largest absolute Gasteiger partial charge is 0.497 e. The van der Waals surface area contributed by atoms with Crippen molar-refractivity contribution in [3.05, 3.63) is 71.0 Å². The zero-order valence-corrected chi connectivity index (χ0v) is 20.3. The highest BCUT2D eigenvalue weighted by Gasteiger charge is 2.52. The van der Waals surface area contributed by atoms with Crippen LogP contribution in [-0.2, 0) is 18.1 Å². The van der Waals surface area contributed by atoms with Gasteiger partial charge in [0.15, 0.2) is 5.69 Å². The number of methoxy groups -OCH3 is 1. The lowest BCUT2D eigenvalue weighted by Crippen LogP contribution is -2.40. The second-order valence-electron chi connectivity index (χ2n) is 9.88. The molecule has 2 aliphatic heterocycles. The summed E-state index contributed by atoms with van der Waals surface area (Å²) in [6, 6.07) is 14.0. The number of alkyl halides is 3. The van der Waals surface area contributed by atoms with Crippen molar-refractivity contribution in [2.75, 3.05) is 25.1 Å². The van der Waals surface area contributed by atoms with E-state index >= 15 is 0 Å². The quantitative estimate of drug-likeness (QED) is 0.545. The van der Waals surface area contributed by atoms with Gasteiger partial charge in [0.05, 0.1) is 12.8 Å². The Morgan fingerprint density at radius 1 is 1.03 bits per heavy atom. The zero-order chi connectivity index (χ0) is 25.9. The number of benzene rings is 2. The maximum atomic E-state index is 13.8. The molecular formula is C27H27F3N4O3. The van der Waals surface area contributed by atoms with E-state index in [9.17, 15) is 23.1 Å². The van der Waals surface area contributed by atoms with E-state index in [1.54, 1.807) is 24.3 Å². The summed E-state index contributed by atoms with van der Waals surface area (Å²) in [6.45, 7) is 0.978. The number of amides is 1.